The summed E-state index contributed by atoms with van der Waals surface area (Å²) in [5, 5.41) is 11.7. The summed E-state index contributed by atoms with van der Waals surface area (Å²) in [5.41, 5.74) is -1.10. The smallest absolute Gasteiger partial charge is 0.329 e. The zero-order valence-electron chi connectivity index (χ0n) is 9.54. The van der Waals surface area contributed by atoms with Crippen LogP contribution in [0.4, 0.5) is 0 Å². The highest BCUT2D eigenvalue weighted by molar-refractivity contribution is 5.89. The zero-order chi connectivity index (χ0) is 11.6. The molecule has 4 heteroatoms. The number of nitrogens with one attached hydrogen (secondary N) is 1. The molecule has 0 saturated heterocycles. The molecule has 1 rings (SSSR count). The van der Waals surface area contributed by atoms with Crippen LogP contribution in [0.2, 0.25) is 0 Å². The lowest BCUT2D eigenvalue weighted by atomic mass is 9.96. The van der Waals surface area contributed by atoms with E-state index < -0.39 is 11.5 Å². The average Bonchev–Trinajstić information content (AvgIpc) is 2.82. The molecule has 3 atom stereocenters. The minimum atomic E-state index is -1.10. The minimum absolute atomic E-state index is 0.0283. The second-order valence-corrected chi connectivity index (χ2v) is 4.70. The maximum absolute atomic E-state index is 11.6. The first-order chi connectivity index (χ1) is 6.90. The molecule has 3 unspecified atom stereocenters. The van der Waals surface area contributed by atoms with Gasteiger partial charge in [0.15, 0.2) is 0 Å². The highest BCUT2D eigenvalue weighted by atomic mass is 16.4. The lowest BCUT2D eigenvalue weighted by Crippen LogP contribution is -2.52. The van der Waals surface area contributed by atoms with Gasteiger partial charge in [0.25, 0.3) is 0 Å². The Balaban J connectivity index is 2.58. The Hall–Kier alpha value is -1.06. The van der Waals surface area contributed by atoms with Crippen molar-refractivity contribution in [3.63, 3.8) is 0 Å². The number of amides is 1. The molecule has 15 heavy (non-hydrogen) atoms. The van der Waals surface area contributed by atoms with Crippen LogP contribution in [0, 0.1) is 11.8 Å². The normalized spacial score (nSPS) is 27.9. The van der Waals surface area contributed by atoms with E-state index in [1.165, 1.54) is 0 Å². The third kappa shape index (κ3) is 2.70. The lowest BCUT2D eigenvalue weighted by molar-refractivity contribution is -0.147. The van der Waals surface area contributed by atoms with Crippen molar-refractivity contribution in [1.29, 1.82) is 0 Å². The van der Waals surface area contributed by atoms with E-state index in [1.54, 1.807) is 6.92 Å². The van der Waals surface area contributed by atoms with Gasteiger partial charge < -0.3 is 10.4 Å². The van der Waals surface area contributed by atoms with Gasteiger partial charge in [-0.1, -0.05) is 20.3 Å². The van der Waals surface area contributed by atoms with Gasteiger partial charge in [-0.2, -0.15) is 0 Å². The van der Waals surface area contributed by atoms with Gasteiger partial charge in [0.1, 0.15) is 5.54 Å². The van der Waals surface area contributed by atoms with Gasteiger partial charge in [0.2, 0.25) is 5.91 Å². The molecule has 0 heterocycles. The van der Waals surface area contributed by atoms with E-state index in [-0.39, 0.29) is 11.8 Å². The quantitative estimate of drug-likeness (QED) is 0.725. The van der Waals surface area contributed by atoms with Crippen LogP contribution in [0.15, 0.2) is 0 Å². The zero-order valence-corrected chi connectivity index (χ0v) is 9.54. The van der Waals surface area contributed by atoms with Crippen molar-refractivity contribution in [2.75, 3.05) is 0 Å². The molecule has 1 saturated carbocycles. The van der Waals surface area contributed by atoms with Gasteiger partial charge >= 0.3 is 5.97 Å². The third-order valence-electron chi connectivity index (χ3n) is 3.07. The second kappa shape index (κ2) is 4.21. The number of carbonyl (C=O) groups excluding carboxylic acids is 1. The molecule has 4 nitrogen and oxygen atoms in total. The summed E-state index contributed by atoms with van der Waals surface area (Å²) in [6.07, 6.45) is 2.09. The minimum Gasteiger partial charge on any atom is -0.480 e. The first-order valence-electron chi connectivity index (χ1n) is 5.46. The monoisotopic (exact) mass is 213 g/mol. The first kappa shape index (κ1) is 12.0. The molecular formula is C11H19NO3. The van der Waals surface area contributed by atoms with Crippen molar-refractivity contribution < 1.29 is 14.7 Å². The summed E-state index contributed by atoms with van der Waals surface area (Å²) < 4.78 is 0. The summed E-state index contributed by atoms with van der Waals surface area (Å²) in [6, 6.07) is 0. The van der Waals surface area contributed by atoms with Gasteiger partial charge in [0.05, 0.1) is 0 Å². The molecule has 0 spiro atoms. The Labute approximate surface area is 90.0 Å². The largest absolute Gasteiger partial charge is 0.480 e. The molecule has 1 fully saturated rings. The summed E-state index contributed by atoms with van der Waals surface area (Å²) in [4.78, 5) is 22.7. The topological polar surface area (TPSA) is 66.4 Å². The van der Waals surface area contributed by atoms with E-state index in [4.69, 9.17) is 5.11 Å². The Morgan fingerprint density at radius 3 is 2.40 bits per heavy atom. The predicted molar refractivity (Wildman–Crippen MR) is 56.4 cm³/mol. The number of carboxylic acid groups (broad SMARTS) is 1. The van der Waals surface area contributed by atoms with E-state index in [0.717, 1.165) is 12.8 Å². The fourth-order valence-electron chi connectivity index (χ4n) is 1.77. The number of hydrogen-bond acceptors (Lipinski definition) is 2. The lowest BCUT2D eigenvalue weighted by Gasteiger charge is -2.25. The third-order valence-corrected chi connectivity index (χ3v) is 3.07. The molecular weight excluding hydrogens is 194 g/mol. The van der Waals surface area contributed by atoms with Crippen molar-refractivity contribution in [3.8, 4) is 0 Å². The SMILES string of the molecule is CCCC(C)(NC(=O)C1CC1C)C(=O)O. The molecule has 0 radical (unpaired) electrons. The molecule has 1 aliphatic rings. The molecule has 86 valence electrons. The van der Waals surface area contributed by atoms with E-state index in [2.05, 4.69) is 5.32 Å². The number of hydrogen-bond donors (Lipinski definition) is 2. The molecule has 0 aromatic rings. The van der Waals surface area contributed by atoms with Crippen LogP contribution >= 0.6 is 0 Å². The Morgan fingerprint density at radius 2 is 2.07 bits per heavy atom. The van der Waals surface area contributed by atoms with Gasteiger partial charge in [0, 0.05) is 5.92 Å². The number of rotatable bonds is 5. The van der Waals surface area contributed by atoms with Crippen LogP contribution < -0.4 is 5.32 Å². The van der Waals surface area contributed by atoms with E-state index in [0.29, 0.717) is 12.3 Å². The molecule has 0 aliphatic heterocycles. The Bertz CT molecular complexity index is 277. The van der Waals surface area contributed by atoms with Crippen molar-refractivity contribution in [2.24, 2.45) is 11.8 Å². The van der Waals surface area contributed by atoms with Crippen molar-refractivity contribution in [1.82, 2.24) is 5.32 Å². The molecule has 2 N–H and O–H groups in total. The van der Waals surface area contributed by atoms with Crippen LogP contribution in [-0.2, 0) is 9.59 Å². The van der Waals surface area contributed by atoms with Crippen LogP contribution in [0.3, 0.4) is 0 Å². The van der Waals surface area contributed by atoms with Crippen molar-refractivity contribution in [3.05, 3.63) is 0 Å². The Kier molecular flexibility index (Phi) is 3.37. The first-order valence-corrected chi connectivity index (χ1v) is 5.46. The predicted octanol–water partition coefficient (Wildman–Crippen LogP) is 1.40. The summed E-state index contributed by atoms with van der Waals surface area (Å²) in [7, 11) is 0. The summed E-state index contributed by atoms with van der Waals surface area (Å²) >= 11 is 0. The number of aliphatic carboxylic acids is 1. The van der Waals surface area contributed by atoms with Crippen LogP contribution in [0.25, 0.3) is 0 Å². The highest BCUT2D eigenvalue weighted by Gasteiger charge is 2.43. The van der Waals surface area contributed by atoms with Gasteiger partial charge in [-0.15, -0.1) is 0 Å². The molecule has 1 amide bonds. The number of carbonyl (C=O) groups is 2. The van der Waals surface area contributed by atoms with E-state index in [9.17, 15) is 9.59 Å². The van der Waals surface area contributed by atoms with Crippen LogP contribution in [0.5, 0.6) is 0 Å². The Morgan fingerprint density at radius 1 is 1.53 bits per heavy atom. The van der Waals surface area contributed by atoms with Gasteiger partial charge in [-0.05, 0) is 25.7 Å². The summed E-state index contributed by atoms with van der Waals surface area (Å²) in [6.45, 7) is 5.49. The van der Waals surface area contributed by atoms with Crippen molar-refractivity contribution in [2.45, 2.75) is 45.6 Å². The maximum atomic E-state index is 11.6. The van der Waals surface area contributed by atoms with Gasteiger partial charge in [-0.3, -0.25) is 4.79 Å². The highest BCUT2D eigenvalue weighted by Crippen LogP contribution is 2.38. The number of carboxylic acids is 1. The van der Waals surface area contributed by atoms with Gasteiger partial charge in [-0.25, -0.2) is 4.79 Å². The standard InChI is InChI=1S/C11H19NO3/c1-4-5-11(3,10(14)15)12-9(13)8-6-7(8)2/h7-8H,4-6H2,1-3H3,(H,12,13)(H,14,15). The van der Waals surface area contributed by atoms with Crippen LogP contribution in [0.1, 0.15) is 40.0 Å². The molecule has 0 aromatic carbocycles. The molecule has 1 aliphatic carbocycles. The fourth-order valence-corrected chi connectivity index (χ4v) is 1.77. The molecule has 0 aromatic heterocycles. The summed E-state index contributed by atoms with van der Waals surface area (Å²) in [5.74, 6) is -0.628. The van der Waals surface area contributed by atoms with E-state index >= 15 is 0 Å². The maximum Gasteiger partial charge on any atom is 0.329 e. The second-order valence-electron chi connectivity index (χ2n) is 4.70. The average molecular weight is 213 g/mol. The van der Waals surface area contributed by atoms with E-state index in [1.807, 2.05) is 13.8 Å². The van der Waals surface area contributed by atoms with Crippen molar-refractivity contribution >= 4 is 11.9 Å². The fraction of sp³-hybridized carbons (Fsp3) is 0.818. The molecule has 0 bridgehead atoms. The van der Waals surface area contributed by atoms with Crippen LogP contribution in [-0.4, -0.2) is 22.5 Å².